The Bertz CT molecular complexity index is 763. The lowest BCUT2D eigenvalue weighted by molar-refractivity contribution is -0.121. The van der Waals surface area contributed by atoms with Gasteiger partial charge in [0.05, 0.1) is 6.42 Å². The molecule has 0 spiro atoms. The number of benzene rings is 2. The predicted molar refractivity (Wildman–Crippen MR) is 98.3 cm³/mol. The molecule has 0 aliphatic carbocycles. The topological polar surface area (TPSA) is 82.3 Å². The standard InChI is InChI=1S/C17H17FN4O2S/c1-11(23)19-14-6-2-12(3-7-14)10-16(24)21-22-17(25)20-15-8-4-13(18)5-9-15/h2-9H,10H2,1H3,(H,19,23)(H,21,24)(H2,20,22,25). The van der Waals surface area contributed by atoms with Crippen LogP contribution >= 0.6 is 12.2 Å². The second kappa shape index (κ2) is 8.74. The van der Waals surface area contributed by atoms with Crippen molar-refractivity contribution in [2.24, 2.45) is 0 Å². The molecule has 0 heterocycles. The molecule has 4 N–H and O–H groups in total. The molecule has 0 unspecified atom stereocenters. The quantitative estimate of drug-likeness (QED) is 0.497. The monoisotopic (exact) mass is 360 g/mol. The zero-order chi connectivity index (χ0) is 18.2. The lowest BCUT2D eigenvalue weighted by Crippen LogP contribution is -2.44. The number of nitrogens with one attached hydrogen (secondary N) is 4. The summed E-state index contributed by atoms with van der Waals surface area (Å²) in [6.07, 6.45) is 0.145. The molecule has 2 aromatic rings. The Morgan fingerprint density at radius 2 is 1.48 bits per heavy atom. The normalized spacial score (nSPS) is 9.84. The Labute approximate surface area is 149 Å². The molecule has 0 bridgehead atoms. The van der Waals surface area contributed by atoms with Gasteiger partial charge in [0.1, 0.15) is 5.82 Å². The van der Waals surface area contributed by atoms with Crippen molar-refractivity contribution in [3.05, 3.63) is 59.9 Å². The van der Waals surface area contributed by atoms with Crippen LogP contribution in [0.25, 0.3) is 0 Å². The van der Waals surface area contributed by atoms with E-state index in [0.29, 0.717) is 11.4 Å². The van der Waals surface area contributed by atoms with Gasteiger partial charge in [0, 0.05) is 18.3 Å². The first-order valence-electron chi connectivity index (χ1n) is 7.40. The smallest absolute Gasteiger partial charge is 0.242 e. The van der Waals surface area contributed by atoms with Crippen LogP contribution in [0.5, 0.6) is 0 Å². The lowest BCUT2D eigenvalue weighted by Gasteiger charge is -2.11. The van der Waals surface area contributed by atoms with Crippen molar-refractivity contribution in [1.82, 2.24) is 10.9 Å². The summed E-state index contributed by atoms with van der Waals surface area (Å²) in [6.45, 7) is 1.43. The molecule has 0 radical (unpaired) electrons. The Kier molecular flexibility index (Phi) is 6.41. The van der Waals surface area contributed by atoms with Crippen LogP contribution in [0.2, 0.25) is 0 Å². The second-order valence-corrected chi connectivity index (χ2v) is 5.60. The molecular weight excluding hydrogens is 343 g/mol. The Morgan fingerprint density at radius 1 is 0.920 bits per heavy atom. The van der Waals surface area contributed by atoms with Gasteiger partial charge in [0.25, 0.3) is 0 Å². The molecule has 2 rings (SSSR count). The summed E-state index contributed by atoms with van der Waals surface area (Å²) in [5.74, 6) is -0.783. The number of hydrazine groups is 1. The van der Waals surface area contributed by atoms with E-state index in [4.69, 9.17) is 12.2 Å². The van der Waals surface area contributed by atoms with Crippen LogP contribution < -0.4 is 21.5 Å². The van der Waals surface area contributed by atoms with E-state index in [1.165, 1.54) is 31.2 Å². The van der Waals surface area contributed by atoms with E-state index in [0.717, 1.165) is 5.56 Å². The first-order valence-corrected chi connectivity index (χ1v) is 7.81. The highest BCUT2D eigenvalue weighted by Crippen LogP contribution is 2.10. The van der Waals surface area contributed by atoms with Crippen LogP contribution in [0, 0.1) is 5.82 Å². The molecule has 6 nitrogen and oxygen atoms in total. The predicted octanol–water partition coefficient (Wildman–Crippen LogP) is 2.34. The zero-order valence-corrected chi connectivity index (χ0v) is 14.2. The largest absolute Gasteiger partial charge is 0.331 e. The van der Waals surface area contributed by atoms with E-state index in [1.54, 1.807) is 24.3 Å². The fourth-order valence-corrected chi connectivity index (χ4v) is 2.13. The van der Waals surface area contributed by atoms with Gasteiger partial charge in [-0.15, -0.1) is 0 Å². The summed E-state index contributed by atoms with van der Waals surface area (Å²) < 4.78 is 12.8. The SMILES string of the molecule is CC(=O)Nc1ccc(CC(=O)NNC(=S)Nc2ccc(F)cc2)cc1. The number of hydrogen-bond acceptors (Lipinski definition) is 3. The van der Waals surface area contributed by atoms with Crippen LogP contribution in [-0.4, -0.2) is 16.9 Å². The molecule has 0 aromatic heterocycles. The summed E-state index contributed by atoms with van der Waals surface area (Å²) in [4.78, 5) is 22.8. The van der Waals surface area contributed by atoms with Crippen molar-refractivity contribution in [2.75, 3.05) is 10.6 Å². The summed E-state index contributed by atoms with van der Waals surface area (Å²) >= 11 is 5.04. The average Bonchev–Trinajstić information content (AvgIpc) is 2.56. The van der Waals surface area contributed by atoms with E-state index in [-0.39, 0.29) is 29.2 Å². The van der Waals surface area contributed by atoms with Gasteiger partial charge in [-0.2, -0.15) is 0 Å². The highest BCUT2D eigenvalue weighted by atomic mass is 32.1. The van der Waals surface area contributed by atoms with Gasteiger partial charge in [0.2, 0.25) is 11.8 Å². The number of halogens is 1. The maximum absolute atomic E-state index is 12.8. The van der Waals surface area contributed by atoms with Gasteiger partial charge in [-0.25, -0.2) is 4.39 Å². The fourth-order valence-electron chi connectivity index (χ4n) is 1.96. The second-order valence-electron chi connectivity index (χ2n) is 5.19. The van der Waals surface area contributed by atoms with Gasteiger partial charge in [-0.05, 0) is 54.2 Å². The summed E-state index contributed by atoms with van der Waals surface area (Å²) in [5.41, 5.74) is 7.09. The van der Waals surface area contributed by atoms with Crippen LogP contribution in [0.4, 0.5) is 15.8 Å². The van der Waals surface area contributed by atoms with Crippen LogP contribution in [0.1, 0.15) is 12.5 Å². The Balaban J connectivity index is 1.77. The van der Waals surface area contributed by atoms with E-state index >= 15 is 0 Å². The van der Waals surface area contributed by atoms with Gasteiger partial charge in [0.15, 0.2) is 5.11 Å². The van der Waals surface area contributed by atoms with Crippen molar-refractivity contribution in [1.29, 1.82) is 0 Å². The van der Waals surface area contributed by atoms with E-state index in [2.05, 4.69) is 21.5 Å². The summed E-state index contributed by atoms with van der Waals surface area (Å²) in [5, 5.41) is 5.65. The molecule has 0 atom stereocenters. The number of amides is 2. The number of carbonyl (C=O) groups excluding carboxylic acids is 2. The molecule has 130 valence electrons. The van der Waals surface area contributed by atoms with Crippen molar-refractivity contribution >= 4 is 40.5 Å². The van der Waals surface area contributed by atoms with Crippen LogP contribution in [0.15, 0.2) is 48.5 Å². The highest BCUT2D eigenvalue weighted by molar-refractivity contribution is 7.80. The minimum absolute atomic E-state index is 0.145. The molecule has 0 saturated carbocycles. The van der Waals surface area contributed by atoms with Gasteiger partial charge < -0.3 is 10.6 Å². The van der Waals surface area contributed by atoms with Crippen molar-refractivity contribution in [3.63, 3.8) is 0 Å². The third-order valence-electron chi connectivity index (χ3n) is 3.06. The van der Waals surface area contributed by atoms with Crippen molar-refractivity contribution in [2.45, 2.75) is 13.3 Å². The summed E-state index contributed by atoms with van der Waals surface area (Å²) in [7, 11) is 0. The molecule has 8 heteroatoms. The van der Waals surface area contributed by atoms with Crippen LogP contribution in [0.3, 0.4) is 0 Å². The van der Waals surface area contributed by atoms with E-state index in [9.17, 15) is 14.0 Å². The Morgan fingerprint density at radius 3 is 2.08 bits per heavy atom. The average molecular weight is 360 g/mol. The minimum Gasteiger partial charge on any atom is -0.331 e. The molecule has 2 amide bonds. The Hall–Kier alpha value is -3.00. The molecule has 25 heavy (non-hydrogen) atoms. The summed E-state index contributed by atoms with van der Waals surface area (Å²) in [6, 6.07) is 12.6. The number of thiocarbonyl (C=S) groups is 1. The molecule has 0 aliphatic heterocycles. The first-order chi connectivity index (χ1) is 11.9. The van der Waals surface area contributed by atoms with Gasteiger partial charge >= 0.3 is 0 Å². The molecule has 2 aromatic carbocycles. The van der Waals surface area contributed by atoms with Crippen molar-refractivity contribution in [3.8, 4) is 0 Å². The first kappa shape index (κ1) is 18.3. The molecular formula is C17H17FN4O2S. The minimum atomic E-state index is -0.345. The third kappa shape index (κ3) is 6.56. The van der Waals surface area contributed by atoms with Crippen molar-refractivity contribution < 1.29 is 14.0 Å². The van der Waals surface area contributed by atoms with Gasteiger partial charge in [-0.1, -0.05) is 12.1 Å². The lowest BCUT2D eigenvalue weighted by atomic mass is 10.1. The maximum Gasteiger partial charge on any atom is 0.242 e. The zero-order valence-electron chi connectivity index (χ0n) is 13.4. The van der Waals surface area contributed by atoms with Crippen LogP contribution in [-0.2, 0) is 16.0 Å². The number of anilines is 2. The van der Waals surface area contributed by atoms with Gasteiger partial charge in [-0.3, -0.25) is 20.4 Å². The highest BCUT2D eigenvalue weighted by Gasteiger charge is 2.05. The number of hydrogen-bond donors (Lipinski definition) is 4. The molecule has 0 saturated heterocycles. The molecule has 0 aliphatic rings. The van der Waals surface area contributed by atoms with E-state index < -0.39 is 0 Å². The maximum atomic E-state index is 12.8. The third-order valence-corrected chi connectivity index (χ3v) is 3.26. The fraction of sp³-hybridized carbons (Fsp3) is 0.118. The number of carbonyl (C=O) groups is 2. The molecule has 0 fully saturated rings. The number of rotatable bonds is 4. The van der Waals surface area contributed by atoms with E-state index in [1.807, 2.05) is 0 Å².